The molecular weight excluding hydrogens is 240 g/mol. The number of nitrogens with zero attached hydrogens (tertiary/aromatic N) is 1. The summed E-state index contributed by atoms with van der Waals surface area (Å²) in [5, 5.41) is 0.336. The average molecular weight is 250 g/mol. The van der Waals surface area contributed by atoms with E-state index < -0.39 is 5.82 Å². The SMILES string of the molecule is CN(Cc1ccc(Cl)cc1F)C(=O)CCl. The number of alkyl halides is 1. The van der Waals surface area contributed by atoms with E-state index in [4.69, 9.17) is 23.2 Å². The first-order valence-electron chi connectivity index (χ1n) is 4.28. The Labute approximate surface area is 97.6 Å². The van der Waals surface area contributed by atoms with E-state index in [0.29, 0.717) is 10.6 Å². The van der Waals surface area contributed by atoms with Crippen molar-refractivity contribution in [1.29, 1.82) is 0 Å². The summed E-state index contributed by atoms with van der Waals surface area (Å²) in [4.78, 5) is 12.5. The molecular formula is C10H10Cl2FNO. The van der Waals surface area contributed by atoms with Crippen molar-refractivity contribution in [3.05, 3.63) is 34.6 Å². The second-order valence-corrected chi connectivity index (χ2v) is 3.82. The lowest BCUT2D eigenvalue weighted by molar-refractivity contribution is -0.127. The molecule has 0 unspecified atom stereocenters. The van der Waals surface area contributed by atoms with E-state index in [1.165, 1.54) is 11.0 Å². The highest BCUT2D eigenvalue weighted by Crippen LogP contribution is 2.15. The standard InChI is InChI=1S/C10H10Cl2FNO/c1-14(10(15)5-11)6-7-2-3-8(12)4-9(7)13/h2-4H,5-6H2,1H3. The molecule has 0 fully saturated rings. The molecule has 0 radical (unpaired) electrons. The molecule has 1 rings (SSSR count). The van der Waals surface area contributed by atoms with Crippen molar-refractivity contribution in [1.82, 2.24) is 4.90 Å². The van der Waals surface area contributed by atoms with E-state index >= 15 is 0 Å². The first-order valence-corrected chi connectivity index (χ1v) is 5.19. The Morgan fingerprint density at radius 2 is 2.20 bits per heavy atom. The van der Waals surface area contributed by atoms with Gasteiger partial charge in [-0.1, -0.05) is 17.7 Å². The van der Waals surface area contributed by atoms with E-state index in [-0.39, 0.29) is 18.3 Å². The first kappa shape index (κ1) is 12.3. The van der Waals surface area contributed by atoms with Crippen molar-refractivity contribution in [3.63, 3.8) is 0 Å². The molecule has 0 N–H and O–H groups in total. The zero-order valence-corrected chi connectivity index (χ0v) is 9.65. The summed E-state index contributed by atoms with van der Waals surface area (Å²) in [7, 11) is 1.57. The van der Waals surface area contributed by atoms with Crippen molar-refractivity contribution >= 4 is 29.1 Å². The van der Waals surface area contributed by atoms with Crippen molar-refractivity contribution in [2.24, 2.45) is 0 Å². The van der Waals surface area contributed by atoms with Crippen LogP contribution in [-0.2, 0) is 11.3 Å². The molecule has 0 saturated carbocycles. The summed E-state index contributed by atoms with van der Waals surface area (Å²) >= 11 is 11.0. The van der Waals surface area contributed by atoms with Crippen molar-refractivity contribution in [2.75, 3.05) is 12.9 Å². The van der Waals surface area contributed by atoms with E-state index in [0.717, 1.165) is 0 Å². The van der Waals surface area contributed by atoms with Gasteiger partial charge >= 0.3 is 0 Å². The van der Waals surface area contributed by atoms with Crippen LogP contribution < -0.4 is 0 Å². The van der Waals surface area contributed by atoms with E-state index in [1.54, 1.807) is 19.2 Å². The maximum atomic E-state index is 13.3. The van der Waals surface area contributed by atoms with E-state index in [1.807, 2.05) is 0 Å². The summed E-state index contributed by atoms with van der Waals surface area (Å²) in [5.41, 5.74) is 0.417. The summed E-state index contributed by atoms with van der Waals surface area (Å²) in [6.07, 6.45) is 0. The van der Waals surface area contributed by atoms with Crippen LogP contribution in [0.3, 0.4) is 0 Å². The zero-order chi connectivity index (χ0) is 11.4. The largest absolute Gasteiger partial charge is 0.340 e. The Kier molecular flexibility index (Phi) is 4.36. The summed E-state index contributed by atoms with van der Waals surface area (Å²) in [6, 6.07) is 4.35. The minimum Gasteiger partial charge on any atom is -0.340 e. The molecule has 1 aromatic rings. The number of hydrogen-bond acceptors (Lipinski definition) is 1. The lowest BCUT2D eigenvalue weighted by Crippen LogP contribution is -2.27. The molecule has 0 bridgehead atoms. The molecule has 0 aliphatic heterocycles. The fourth-order valence-electron chi connectivity index (χ4n) is 1.10. The molecule has 0 aliphatic rings. The summed E-state index contributed by atoms with van der Waals surface area (Å²) in [6.45, 7) is 0.189. The van der Waals surface area contributed by atoms with Crippen LogP contribution in [-0.4, -0.2) is 23.7 Å². The Balaban J connectivity index is 2.76. The predicted octanol–water partition coefficient (Wildman–Crippen LogP) is 2.68. The lowest BCUT2D eigenvalue weighted by Gasteiger charge is -2.16. The van der Waals surface area contributed by atoms with Crippen molar-refractivity contribution < 1.29 is 9.18 Å². The Morgan fingerprint density at radius 3 is 2.73 bits per heavy atom. The predicted molar refractivity (Wildman–Crippen MR) is 58.6 cm³/mol. The summed E-state index contributed by atoms with van der Waals surface area (Å²) in [5.74, 6) is -0.770. The smallest absolute Gasteiger partial charge is 0.237 e. The number of amides is 1. The van der Waals surface area contributed by atoms with Gasteiger partial charge in [0.05, 0.1) is 0 Å². The van der Waals surface area contributed by atoms with Crippen LogP contribution in [0.2, 0.25) is 5.02 Å². The Bertz CT molecular complexity index is 370. The number of halogens is 3. The van der Waals surface area contributed by atoms with Crippen LogP contribution in [0.25, 0.3) is 0 Å². The second kappa shape index (κ2) is 5.33. The normalized spacial score (nSPS) is 10.1. The van der Waals surface area contributed by atoms with Gasteiger partial charge in [0, 0.05) is 24.2 Å². The highest BCUT2D eigenvalue weighted by atomic mass is 35.5. The van der Waals surface area contributed by atoms with Gasteiger partial charge in [0.15, 0.2) is 0 Å². The van der Waals surface area contributed by atoms with Gasteiger partial charge in [0.2, 0.25) is 5.91 Å². The average Bonchev–Trinajstić information content (AvgIpc) is 2.20. The van der Waals surface area contributed by atoms with Crippen LogP contribution in [0.4, 0.5) is 4.39 Å². The van der Waals surface area contributed by atoms with Gasteiger partial charge in [-0.15, -0.1) is 11.6 Å². The third-order valence-corrected chi connectivity index (χ3v) is 2.43. The highest BCUT2D eigenvalue weighted by Gasteiger charge is 2.10. The Hall–Kier alpha value is -0.800. The van der Waals surface area contributed by atoms with Crippen LogP contribution in [0, 0.1) is 5.82 Å². The molecule has 82 valence electrons. The number of carbonyl (C=O) groups excluding carboxylic acids is 1. The maximum absolute atomic E-state index is 13.3. The fourth-order valence-corrected chi connectivity index (χ4v) is 1.46. The molecule has 0 aromatic heterocycles. The minimum atomic E-state index is -0.420. The number of carbonyl (C=O) groups is 1. The molecule has 0 heterocycles. The van der Waals surface area contributed by atoms with Crippen LogP contribution in [0.15, 0.2) is 18.2 Å². The highest BCUT2D eigenvalue weighted by molar-refractivity contribution is 6.30. The molecule has 1 amide bonds. The molecule has 0 atom stereocenters. The molecule has 15 heavy (non-hydrogen) atoms. The van der Waals surface area contributed by atoms with Gasteiger partial charge in [-0.2, -0.15) is 0 Å². The van der Waals surface area contributed by atoms with Gasteiger partial charge in [-0.05, 0) is 12.1 Å². The molecule has 5 heteroatoms. The quantitative estimate of drug-likeness (QED) is 0.755. The van der Waals surface area contributed by atoms with Crippen LogP contribution in [0.1, 0.15) is 5.56 Å². The zero-order valence-electron chi connectivity index (χ0n) is 8.14. The third-order valence-electron chi connectivity index (χ3n) is 1.96. The molecule has 0 saturated heterocycles. The van der Waals surface area contributed by atoms with E-state index in [2.05, 4.69) is 0 Å². The first-order chi connectivity index (χ1) is 7.04. The van der Waals surface area contributed by atoms with Gasteiger partial charge in [-0.3, -0.25) is 4.79 Å². The molecule has 0 spiro atoms. The van der Waals surface area contributed by atoms with Gasteiger partial charge < -0.3 is 4.90 Å². The third kappa shape index (κ3) is 3.36. The number of benzene rings is 1. The maximum Gasteiger partial charge on any atom is 0.237 e. The second-order valence-electron chi connectivity index (χ2n) is 3.12. The summed E-state index contributed by atoms with van der Waals surface area (Å²) < 4.78 is 13.3. The van der Waals surface area contributed by atoms with Gasteiger partial charge in [0.1, 0.15) is 11.7 Å². The van der Waals surface area contributed by atoms with Crippen molar-refractivity contribution in [2.45, 2.75) is 6.54 Å². The molecule has 0 aliphatic carbocycles. The van der Waals surface area contributed by atoms with Gasteiger partial charge in [-0.25, -0.2) is 4.39 Å². The monoisotopic (exact) mass is 249 g/mol. The lowest BCUT2D eigenvalue weighted by atomic mass is 10.2. The van der Waals surface area contributed by atoms with Crippen LogP contribution in [0.5, 0.6) is 0 Å². The van der Waals surface area contributed by atoms with E-state index in [9.17, 15) is 9.18 Å². The fraction of sp³-hybridized carbons (Fsp3) is 0.300. The van der Waals surface area contributed by atoms with Crippen LogP contribution >= 0.6 is 23.2 Å². The Morgan fingerprint density at radius 1 is 1.53 bits per heavy atom. The molecule has 2 nitrogen and oxygen atoms in total. The topological polar surface area (TPSA) is 20.3 Å². The number of hydrogen-bond donors (Lipinski definition) is 0. The minimum absolute atomic E-state index is 0.105. The number of rotatable bonds is 3. The van der Waals surface area contributed by atoms with Crippen molar-refractivity contribution in [3.8, 4) is 0 Å². The molecule has 1 aromatic carbocycles. The van der Waals surface area contributed by atoms with Gasteiger partial charge in [0.25, 0.3) is 0 Å².